The van der Waals surface area contributed by atoms with Crippen molar-refractivity contribution in [1.82, 2.24) is 15.5 Å². The van der Waals surface area contributed by atoms with Crippen LogP contribution in [-0.4, -0.2) is 53.6 Å². The zero-order chi connectivity index (χ0) is 16.0. The second-order valence-corrected chi connectivity index (χ2v) is 6.08. The molecule has 1 aliphatic carbocycles. The molecule has 0 heterocycles. The van der Waals surface area contributed by atoms with Crippen LogP contribution < -0.4 is 10.6 Å². The van der Waals surface area contributed by atoms with Crippen molar-refractivity contribution in [2.75, 3.05) is 20.1 Å². The van der Waals surface area contributed by atoms with Crippen molar-refractivity contribution in [3.8, 4) is 0 Å². The van der Waals surface area contributed by atoms with Crippen molar-refractivity contribution in [3.63, 3.8) is 0 Å². The Bertz CT molecular complexity index is 403. The van der Waals surface area contributed by atoms with Gasteiger partial charge in [0.2, 0.25) is 5.91 Å². The number of amides is 3. The fourth-order valence-electron chi connectivity index (χ4n) is 2.33. The van der Waals surface area contributed by atoms with Crippen molar-refractivity contribution < 1.29 is 19.5 Å². The molecule has 1 rings (SSSR count). The molecule has 7 nitrogen and oxygen atoms in total. The zero-order valence-electron chi connectivity index (χ0n) is 12.9. The highest BCUT2D eigenvalue weighted by Gasteiger charge is 2.43. The lowest BCUT2D eigenvalue weighted by atomic mass is 9.98. The Labute approximate surface area is 125 Å². The summed E-state index contributed by atoms with van der Waals surface area (Å²) in [5, 5.41) is 14.6. The number of carbonyl (C=O) groups excluding carboxylic acids is 2. The van der Waals surface area contributed by atoms with Crippen molar-refractivity contribution in [3.05, 3.63) is 0 Å². The Morgan fingerprint density at radius 1 is 1.24 bits per heavy atom. The first-order valence-electron chi connectivity index (χ1n) is 7.30. The molecule has 0 aliphatic heterocycles. The number of carboxylic acids is 1. The van der Waals surface area contributed by atoms with Crippen molar-refractivity contribution in [2.45, 2.75) is 45.1 Å². The summed E-state index contributed by atoms with van der Waals surface area (Å²) in [4.78, 5) is 36.3. The van der Waals surface area contributed by atoms with Crippen molar-refractivity contribution >= 4 is 17.9 Å². The molecule has 120 valence electrons. The van der Waals surface area contributed by atoms with Gasteiger partial charge < -0.3 is 20.6 Å². The minimum Gasteiger partial charge on any atom is -0.480 e. The van der Waals surface area contributed by atoms with Gasteiger partial charge in [-0.1, -0.05) is 26.7 Å². The van der Waals surface area contributed by atoms with E-state index in [-0.39, 0.29) is 12.5 Å². The SMILES string of the molecule is CC(C)CNC(=O)CN(C)C(=O)NC1(C(=O)O)CCCC1. The monoisotopic (exact) mass is 299 g/mol. The van der Waals surface area contributed by atoms with Gasteiger partial charge in [-0.05, 0) is 18.8 Å². The molecule has 0 aromatic carbocycles. The van der Waals surface area contributed by atoms with E-state index < -0.39 is 17.5 Å². The van der Waals surface area contributed by atoms with Crippen LogP contribution in [0.4, 0.5) is 4.79 Å². The third-order valence-corrected chi connectivity index (χ3v) is 3.65. The highest BCUT2D eigenvalue weighted by atomic mass is 16.4. The molecule has 0 spiro atoms. The average Bonchev–Trinajstić information content (AvgIpc) is 2.86. The summed E-state index contributed by atoms with van der Waals surface area (Å²) >= 11 is 0. The van der Waals surface area contributed by atoms with E-state index in [4.69, 9.17) is 0 Å². The number of carbonyl (C=O) groups is 3. The summed E-state index contributed by atoms with van der Waals surface area (Å²) in [7, 11) is 1.48. The molecule has 0 aromatic heterocycles. The van der Waals surface area contributed by atoms with Gasteiger partial charge >= 0.3 is 12.0 Å². The molecule has 0 saturated heterocycles. The summed E-state index contributed by atoms with van der Waals surface area (Å²) < 4.78 is 0. The van der Waals surface area contributed by atoms with E-state index in [0.717, 1.165) is 12.8 Å². The van der Waals surface area contributed by atoms with Crippen LogP contribution in [0.15, 0.2) is 0 Å². The molecular formula is C14H25N3O4. The van der Waals surface area contributed by atoms with Gasteiger partial charge in [-0.2, -0.15) is 0 Å². The van der Waals surface area contributed by atoms with E-state index in [1.807, 2.05) is 13.8 Å². The molecule has 1 saturated carbocycles. The highest BCUT2D eigenvalue weighted by molar-refractivity contribution is 5.88. The number of nitrogens with zero attached hydrogens (tertiary/aromatic N) is 1. The summed E-state index contributed by atoms with van der Waals surface area (Å²) in [6, 6.07) is -0.529. The lowest BCUT2D eigenvalue weighted by molar-refractivity contribution is -0.144. The summed E-state index contributed by atoms with van der Waals surface area (Å²) in [6.07, 6.45) is 2.43. The molecule has 3 amide bonds. The van der Waals surface area contributed by atoms with Crippen molar-refractivity contribution in [1.29, 1.82) is 0 Å². The first-order chi connectivity index (χ1) is 9.77. The highest BCUT2D eigenvalue weighted by Crippen LogP contribution is 2.30. The molecule has 3 N–H and O–H groups in total. The molecule has 1 fully saturated rings. The van der Waals surface area contributed by atoms with Gasteiger partial charge in [0.25, 0.3) is 0 Å². The van der Waals surface area contributed by atoms with Gasteiger partial charge in [0, 0.05) is 13.6 Å². The lowest BCUT2D eigenvalue weighted by Crippen LogP contribution is -2.56. The predicted molar refractivity (Wildman–Crippen MR) is 77.8 cm³/mol. The quantitative estimate of drug-likeness (QED) is 0.675. The number of nitrogens with one attached hydrogen (secondary N) is 2. The molecule has 0 atom stereocenters. The Kier molecular flexibility index (Phi) is 5.99. The maximum Gasteiger partial charge on any atom is 0.329 e. The van der Waals surface area contributed by atoms with E-state index in [1.54, 1.807) is 0 Å². The zero-order valence-corrected chi connectivity index (χ0v) is 12.9. The van der Waals surface area contributed by atoms with E-state index in [9.17, 15) is 19.5 Å². The van der Waals surface area contributed by atoms with E-state index in [0.29, 0.717) is 25.3 Å². The van der Waals surface area contributed by atoms with Crippen LogP contribution in [-0.2, 0) is 9.59 Å². The number of hydrogen-bond donors (Lipinski definition) is 3. The average molecular weight is 299 g/mol. The van der Waals surface area contributed by atoms with E-state index in [2.05, 4.69) is 10.6 Å². The Morgan fingerprint density at radius 2 is 1.81 bits per heavy atom. The lowest BCUT2D eigenvalue weighted by Gasteiger charge is -2.28. The number of hydrogen-bond acceptors (Lipinski definition) is 3. The van der Waals surface area contributed by atoms with Crippen LogP contribution in [0.25, 0.3) is 0 Å². The second-order valence-electron chi connectivity index (χ2n) is 6.08. The van der Waals surface area contributed by atoms with Gasteiger partial charge in [0.05, 0.1) is 0 Å². The molecule has 0 aromatic rings. The fraction of sp³-hybridized carbons (Fsp3) is 0.786. The van der Waals surface area contributed by atoms with Crippen LogP contribution in [0.5, 0.6) is 0 Å². The maximum atomic E-state index is 12.1. The molecule has 1 aliphatic rings. The Hall–Kier alpha value is -1.79. The van der Waals surface area contributed by atoms with Gasteiger partial charge in [-0.25, -0.2) is 9.59 Å². The number of carboxylic acid groups (broad SMARTS) is 1. The van der Waals surface area contributed by atoms with Gasteiger partial charge in [-0.15, -0.1) is 0 Å². The maximum absolute atomic E-state index is 12.1. The second kappa shape index (κ2) is 7.28. The van der Waals surface area contributed by atoms with Crippen LogP contribution in [0.2, 0.25) is 0 Å². The first-order valence-corrected chi connectivity index (χ1v) is 7.30. The molecule has 0 bridgehead atoms. The van der Waals surface area contributed by atoms with Gasteiger partial charge in [0.1, 0.15) is 12.1 Å². The first kappa shape index (κ1) is 17.3. The van der Waals surface area contributed by atoms with Crippen LogP contribution in [0, 0.1) is 5.92 Å². The third-order valence-electron chi connectivity index (χ3n) is 3.65. The van der Waals surface area contributed by atoms with Gasteiger partial charge in [0.15, 0.2) is 0 Å². The van der Waals surface area contributed by atoms with Gasteiger partial charge in [-0.3, -0.25) is 4.79 Å². The molecule has 21 heavy (non-hydrogen) atoms. The van der Waals surface area contributed by atoms with Crippen LogP contribution in [0.1, 0.15) is 39.5 Å². The number of likely N-dealkylation sites (N-methyl/N-ethyl adjacent to an activating group) is 1. The minimum atomic E-state index is -1.18. The third kappa shape index (κ3) is 4.91. The summed E-state index contributed by atoms with van der Waals surface area (Å²) in [6.45, 7) is 4.42. The number of aliphatic carboxylic acids is 1. The number of rotatable bonds is 6. The standard InChI is InChI=1S/C14H25N3O4/c1-10(2)8-15-11(18)9-17(3)13(21)16-14(12(19)20)6-4-5-7-14/h10H,4-9H2,1-3H3,(H,15,18)(H,16,21)(H,19,20). The molecular weight excluding hydrogens is 274 g/mol. The largest absolute Gasteiger partial charge is 0.480 e. The van der Waals surface area contributed by atoms with Crippen LogP contribution >= 0.6 is 0 Å². The topological polar surface area (TPSA) is 98.7 Å². The van der Waals surface area contributed by atoms with E-state index in [1.165, 1.54) is 11.9 Å². The predicted octanol–water partition coefficient (Wildman–Crippen LogP) is 0.797. The number of urea groups is 1. The van der Waals surface area contributed by atoms with Crippen molar-refractivity contribution in [2.24, 2.45) is 5.92 Å². The molecule has 7 heteroatoms. The Balaban J connectivity index is 2.50. The Morgan fingerprint density at radius 3 is 2.29 bits per heavy atom. The van der Waals surface area contributed by atoms with Crippen LogP contribution in [0.3, 0.4) is 0 Å². The normalized spacial score (nSPS) is 16.6. The minimum absolute atomic E-state index is 0.0890. The molecule has 0 radical (unpaired) electrons. The summed E-state index contributed by atoms with van der Waals surface area (Å²) in [5.74, 6) is -0.926. The fourth-order valence-corrected chi connectivity index (χ4v) is 2.33. The van der Waals surface area contributed by atoms with E-state index >= 15 is 0 Å². The smallest absolute Gasteiger partial charge is 0.329 e. The molecule has 0 unspecified atom stereocenters. The summed E-state index contributed by atoms with van der Waals surface area (Å²) in [5.41, 5.74) is -1.18.